The largest absolute Gasteiger partial charge is 0.0619 e. The minimum atomic E-state index is 1.01. The summed E-state index contributed by atoms with van der Waals surface area (Å²) in [7, 11) is 0. The molecule has 0 fully saturated rings. The molecule has 4 aliphatic carbocycles. The molecular weight excluding hydrogens is 1060 g/mol. The molecule has 0 saturated carbocycles. The summed E-state index contributed by atoms with van der Waals surface area (Å²) in [5.74, 6) is 0. The van der Waals surface area contributed by atoms with Crippen molar-refractivity contribution in [2.75, 3.05) is 0 Å². The van der Waals surface area contributed by atoms with E-state index in [2.05, 4.69) is 298 Å². The third-order valence-corrected chi connectivity index (χ3v) is 18.3. The molecule has 12 aromatic rings. The first-order valence-corrected chi connectivity index (χ1v) is 31.9. The van der Waals surface area contributed by atoms with Crippen LogP contribution >= 0.6 is 0 Å². The molecule has 16 rings (SSSR count). The molecule has 0 amide bonds. The van der Waals surface area contributed by atoms with Crippen molar-refractivity contribution < 1.29 is 0 Å². The summed E-state index contributed by atoms with van der Waals surface area (Å²) in [4.78, 5) is 0. The summed E-state index contributed by atoms with van der Waals surface area (Å²) in [6.45, 7) is 17.4. The lowest BCUT2D eigenvalue weighted by Gasteiger charge is -2.11. The molecule has 0 nitrogen and oxygen atoms in total. The van der Waals surface area contributed by atoms with Gasteiger partial charge in [-0.2, -0.15) is 0 Å². The molecule has 12 aromatic carbocycles. The summed E-state index contributed by atoms with van der Waals surface area (Å²) in [5, 5.41) is 0. The van der Waals surface area contributed by atoms with Crippen LogP contribution in [-0.2, 0) is 51.4 Å². The van der Waals surface area contributed by atoms with E-state index in [-0.39, 0.29) is 0 Å². The summed E-state index contributed by atoms with van der Waals surface area (Å²) in [6, 6.07) is 90.1. The van der Waals surface area contributed by atoms with Crippen molar-refractivity contribution >= 4 is 0 Å². The standard InChI is InChI=1S/4C22H20/c1-15-10-16(2)12-17(11-15)13-19-7-5-8-20-14-18-6-3-4-9-21(18)22(19)20;1-15-10-16(2)12-17(11-15)13-18-7-5-9-21-20-8-4-3-6-19(20)14-22(18)21;1-15-9-16(2)11-18(10-15)12-17-7-8-22-20(13-17)14-19-5-3-4-6-21(19)22;1-15-9-16(2)11-18(10-15)12-17-7-8-20-14-19-5-3-4-6-21(19)22(20)13-17/h2*3-12H,13-14H2,1-2H3;2*3-11,13H,12,14H2,1-2H3. The van der Waals surface area contributed by atoms with Crippen molar-refractivity contribution in [3.05, 3.63) is 376 Å². The van der Waals surface area contributed by atoms with Crippen LogP contribution in [0.15, 0.2) is 243 Å². The van der Waals surface area contributed by atoms with E-state index in [1.165, 1.54) is 178 Å². The third-order valence-electron chi connectivity index (χ3n) is 18.3. The van der Waals surface area contributed by atoms with Crippen molar-refractivity contribution in [3.63, 3.8) is 0 Å². The Morgan fingerprint density at radius 2 is 0.545 bits per heavy atom. The second-order valence-electron chi connectivity index (χ2n) is 25.9. The van der Waals surface area contributed by atoms with Gasteiger partial charge in [0.1, 0.15) is 0 Å². The Labute approximate surface area is 524 Å². The van der Waals surface area contributed by atoms with Crippen molar-refractivity contribution in [2.24, 2.45) is 0 Å². The van der Waals surface area contributed by atoms with Crippen LogP contribution in [-0.4, -0.2) is 0 Å². The maximum atomic E-state index is 2.40. The van der Waals surface area contributed by atoms with Gasteiger partial charge < -0.3 is 0 Å². The normalized spacial score (nSPS) is 12.1. The highest BCUT2D eigenvalue weighted by Crippen LogP contribution is 2.42. The van der Waals surface area contributed by atoms with Gasteiger partial charge in [0.05, 0.1) is 0 Å². The Hall–Kier alpha value is -9.36. The first kappa shape index (κ1) is 57.7. The molecule has 0 spiro atoms. The molecule has 0 saturated heterocycles. The average Bonchev–Trinajstić information content (AvgIpc) is 3.33. The lowest BCUT2D eigenvalue weighted by Crippen LogP contribution is -1.96. The molecule has 0 unspecified atom stereocenters. The van der Waals surface area contributed by atoms with Crippen LogP contribution in [0.5, 0.6) is 0 Å². The van der Waals surface area contributed by atoms with Gasteiger partial charge in [-0.05, 0) is 240 Å². The molecular formula is C88H80. The zero-order chi connectivity index (χ0) is 60.4. The summed E-state index contributed by atoms with van der Waals surface area (Å²) in [6.07, 6.45) is 8.38. The molecule has 0 N–H and O–H groups in total. The van der Waals surface area contributed by atoms with E-state index in [1.807, 2.05) is 0 Å². The second-order valence-corrected chi connectivity index (χ2v) is 25.9. The van der Waals surface area contributed by atoms with E-state index in [1.54, 1.807) is 0 Å². The Balaban J connectivity index is 0.000000108. The van der Waals surface area contributed by atoms with Crippen LogP contribution in [0.2, 0.25) is 0 Å². The van der Waals surface area contributed by atoms with E-state index in [4.69, 9.17) is 0 Å². The van der Waals surface area contributed by atoms with Crippen molar-refractivity contribution in [2.45, 2.75) is 107 Å². The Kier molecular flexibility index (Phi) is 16.5. The van der Waals surface area contributed by atoms with Gasteiger partial charge >= 0.3 is 0 Å². The highest BCUT2D eigenvalue weighted by Gasteiger charge is 2.23. The SMILES string of the molecule is Cc1cc(C)cc(Cc2ccc3c(c2)-c2ccccc2C3)c1.Cc1cc(C)cc(Cc2ccc3c(c2)Cc2ccccc2-3)c1.Cc1cc(C)cc(Cc2cccc3c2-c2ccccc2C3)c1.Cc1cc(C)cc(Cc2cccc3c2Cc2ccccc2-3)c1. The molecule has 0 atom stereocenters. The number of benzene rings is 12. The Morgan fingerprint density at radius 1 is 0.205 bits per heavy atom. The van der Waals surface area contributed by atoms with Crippen LogP contribution in [0.4, 0.5) is 0 Å². The molecule has 0 heterocycles. The topological polar surface area (TPSA) is 0 Å². The maximum Gasteiger partial charge on any atom is -0.00106 e. The molecule has 0 aliphatic heterocycles. The summed E-state index contributed by atoms with van der Waals surface area (Å²) >= 11 is 0. The highest BCUT2D eigenvalue weighted by atomic mass is 14.3. The van der Waals surface area contributed by atoms with Gasteiger partial charge in [0, 0.05) is 0 Å². The van der Waals surface area contributed by atoms with E-state index < -0.39 is 0 Å². The first-order valence-electron chi connectivity index (χ1n) is 31.9. The van der Waals surface area contributed by atoms with Gasteiger partial charge in [-0.15, -0.1) is 0 Å². The van der Waals surface area contributed by atoms with Gasteiger partial charge in [-0.3, -0.25) is 0 Å². The Bertz CT molecular complexity index is 4500. The molecule has 0 aromatic heterocycles. The van der Waals surface area contributed by atoms with Crippen LogP contribution in [0.3, 0.4) is 0 Å². The van der Waals surface area contributed by atoms with E-state index in [0.29, 0.717) is 0 Å². The molecule has 0 radical (unpaired) electrons. The lowest BCUT2D eigenvalue weighted by atomic mass is 9.93. The minimum Gasteiger partial charge on any atom is -0.0619 e. The smallest absolute Gasteiger partial charge is 0.00106 e. The summed E-state index contributed by atoms with van der Waals surface area (Å²) < 4.78 is 0. The first-order chi connectivity index (χ1) is 42.8. The predicted molar refractivity (Wildman–Crippen MR) is 374 cm³/mol. The van der Waals surface area contributed by atoms with Gasteiger partial charge in [0.15, 0.2) is 0 Å². The number of hydrogen-bond donors (Lipinski definition) is 0. The van der Waals surface area contributed by atoms with Crippen molar-refractivity contribution in [1.29, 1.82) is 0 Å². The molecule has 88 heavy (non-hydrogen) atoms. The number of rotatable bonds is 8. The monoisotopic (exact) mass is 1140 g/mol. The lowest BCUT2D eigenvalue weighted by molar-refractivity contribution is 1.11. The van der Waals surface area contributed by atoms with Crippen LogP contribution in [0, 0.1) is 55.4 Å². The predicted octanol–water partition coefficient (Wildman–Crippen LogP) is 21.9. The van der Waals surface area contributed by atoms with Gasteiger partial charge in [0.25, 0.3) is 0 Å². The fourth-order valence-corrected chi connectivity index (χ4v) is 15.0. The maximum absolute atomic E-state index is 2.40. The van der Waals surface area contributed by atoms with Crippen molar-refractivity contribution in [3.8, 4) is 44.5 Å². The fraction of sp³-hybridized carbons (Fsp3) is 0.182. The number of aryl methyl sites for hydroxylation is 8. The quantitative estimate of drug-likeness (QED) is 0.142. The molecule has 0 heteroatoms. The van der Waals surface area contributed by atoms with E-state index in [9.17, 15) is 0 Å². The van der Waals surface area contributed by atoms with Crippen LogP contribution < -0.4 is 0 Å². The second kappa shape index (κ2) is 25.2. The van der Waals surface area contributed by atoms with Gasteiger partial charge in [-0.1, -0.05) is 287 Å². The molecule has 4 aliphatic rings. The number of fused-ring (bicyclic) bond motifs is 12. The van der Waals surface area contributed by atoms with Crippen LogP contribution in [0.1, 0.15) is 134 Å². The number of hydrogen-bond acceptors (Lipinski definition) is 0. The zero-order valence-electron chi connectivity index (χ0n) is 52.8. The highest BCUT2D eigenvalue weighted by molar-refractivity contribution is 5.81. The van der Waals surface area contributed by atoms with Gasteiger partial charge in [0.2, 0.25) is 0 Å². The summed E-state index contributed by atoms with van der Waals surface area (Å²) in [5.41, 5.74) is 45.4. The average molecular weight is 1140 g/mol. The Morgan fingerprint density at radius 3 is 1.09 bits per heavy atom. The molecule has 432 valence electrons. The minimum absolute atomic E-state index is 1.01. The van der Waals surface area contributed by atoms with Crippen molar-refractivity contribution in [1.82, 2.24) is 0 Å². The zero-order valence-corrected chi connectivity index (χ0v) is 52.8. The van der Waals surface area contributed by atoms with Crippen LogP contribution in [0.25, 0.3) is 44.5 Å². The third kappa shape index (κ3) is 12.9. The van der Waals surface area contributed by atoms with E-state index in [0.717, 1.165) is 51.4 Å². The van der Waals surface area contributed by atoms with Gasteiger partial charge in [-0.25, -0.2) is 0 Å². The molecule has 0 bridgehead atoms. The fourth-order valence-electron chi connectivity index (χ4n) is 15.0. The van der Waals surface area contributed by atoms with E-state index >= 15 is 0 Å².